The zero-order chi connectivity index (χ0) is 21.8. The van der Waals surface area contributed by atoms with Gasteiger partial charge < -0.3 is 0 Å². The standard InChI is InChI=1S/C29H31N2/c1-20-11-9-10-14-23(20)24-18-28-30(5)19-27(21-12-7-6-8-13-21)31(28)26-16-15-22(17-25(24)26)29(2,3)4/h6-17,19,24H,18H2,1-5H3/q+1. The van der Waals surface area contributed by atoms with Gasteiger partial charge in [0.25, 0.3) is 5.82 Å². The van der Waals surface area contributed by atoms with Crippen LogP contribution in [-0.4, -0.2) is 4.57 Å². The molecule has 5 rings (SSSR count). The van der Waals surface area contributed by atoms with E-state index < -0.39 is 0 Å². The van der Waals surface area contributed by atoms with Crippen molar-refractivity contribution in [2.24, 2.45) is 7.05 Å². The van der Waals surface area contributed by atoms with Crippen LogP contribution in [0.1, 0.15) is 54.8 Å². The number of rotatable bonds is 2. The normalized spacial score (nSPS) is 15.5. The summed E-state index contributed by atoms with van der Waals surface area (Å²) in [5, 5.41) is 0. The van der Waals surface area contributed by atoms with E-state index in [4.69, 9.17) is 0 Å². The first-order valence-electron chi connectivity index (χ1n) is 11.2. The van der Waals surface area contributed by atoms with Crippen LogP contribution in [0.4, 0.5) is 0 Å². The third-order valence-corrected chi connectivity index (χ3v) is 6.75. The molecule has 0 aliphatic carbocycles. The fourth-order valence-electron chi connectivity index (χ4n) is 4.98. The van der Waals surface area contributed by atoms with E-state index in [1.807, 2.05) is 0 Å². The van der Waals surface area contributed by atoms with E-state index in [-0.39, 0.29) is 5.41 Å². The number of benzene rings is 3. The SMILES string of the molecule is Cc1ccccc1C1Cc2n(c(-c3ccccc3)c[n+]2C)-c2ccc(C(C)(C)C)cc21. The van der Waals surface area contributed by atoms with Crippen LogP contribution in [0.5, 0.6) is 0 Å². The van der Waals surface area contributed by atoms with Gasteiger partial charge in [0.15, 0.2) is 5.69 Å². The summed E-state index contributed by atoms with van der Waals surface area (Å²) in [5.74, 6) is 1.71. The first-order chi connectivity index (χ1) is 14.8. The highest BCUT2D eigenvalue weighted by molar-refractivity contribution is 5.65. The van der Waals surface area contributed by atoms with Crippen molar-refractivity contribution >= 4 is 0 Å². The Labute approximate surface area is 185 Å². The topological polar surface area (TPSA) is 8.81 Å². The fraction of sp³-hybridized carbons (Fsp3) is 0.276. The third-order valence-electron chi connectivity index (χ3n) is 6.75. The Hall–Kier alpha value is -3.13. The van der Waals surface area contributed by atoms with E-state index >= 15 is 0 Å². The van der Waals surface area contributed by atoms with Gasteiger partial charge in [-0.05, 0) is 35.1 Å². The molecule has 0 saturated carbocycles. The lowest BCUT2D eigenvalue weighted by molar-refractivity contribution is -0.678. The van der Waals surface area contributed by atoms with Gasteiger partial charge in [0.1, 0.15) is 11.9 Å². The molecule has 2 heterocycles. The van der Waals surface area contributed by atoms with Crippen LogP contribution in [0.3, 0.4) is 0 Å². The minimum Gasteiger partial charge on any atom is -0.236 e. The summed E-state index contributed by atoms with van der Waals surface area (Å²) in [6.45, 7) is 9.15. The Morgan fingerprint density at radius 1 is 0.871 bits per heavy atom. The predicted molar refractivity (Wildman–Crippen MR) is 128 cm³/mol. The highest BCUT2D eigenvalue weighted by Crippen LogP contribution is 2.42. The Kier molecular flexibility index (Phi) is 4.62. The largest absolute Gasteiger partial charge is 0.262 e. The lowest BCUT2D eigenvalue weighted by Crippen LogP contribution is -2.35. The highest BCUT2D eigenvalue weighted by Gasteiger charge is 2.37. The van der Waals surface area contributed by atoms with Gasteiger partial charge >= 0.3 is 0 Å². The second-order valence-electron chi connectivity index (χ2n) is 9.88. The summed E-state index contributed by atoms with van der Waals surface area (Å²) in [6, 6.07) is 26.7. The van der Waals surface area contributed by atoms with E-state index in [0.29, 0.717) is 5.92 Å². The van der Waals surface area contributed by atoms with Crippen molar-refractivity contribution in [3.05, 3.63) is 107 Å². The van der Waals surface area contributed by atoms with Crippen molar-refractivity contribution in [3.8, 4) is 16.9 Å². The first kappa shape index (κ1) is 19.8. The Morgan fingerprint density at radius 3 is 2.29 bits per heavy atom. The van der Waals surface area contributed by atoms with E-state index in [0.717, 1.165) is 6.42 Å². The molecule has 0 amide bonds. The minimum atomic E-state index is 0.120. The van der Waals surface area contributed by atoms with Crippen molar-refractivity contribution < 1.29 is 4.57 Å². The molecule has 156 valence electrons. The molecule has 1 aliphatic heterocycles. The summed E-state index contributed by atoms with van der Waals surface area (Å²) in [4.78, 5) is 0. The maximum absolute atomic E-state index is 2.48. The Bertz CT molecular complexity index is 1260. The molecule has 3 aromatic carbocycles. The number of hydrogen-bond acceptors (Lipinski definition) is 0. The van der Waals surface area contributed by atoms with Gasteiger partial charge in [-0.1, -0.05) is 87.5 Å². The van der Waals surface area contributed by atoms with Crippen LogP contribution in [0, 0.1) is 6.92 Å². The zero-order valence-electron chi connectivity index (χ0n) is 19.2. The van der Waals surface area contributed by atoms with Gasteiger partial charge in [-0.25, -0.2) is 4.57 Å². The molecule has 0 saturated heterocycles. The molecule has 1 aliphatic rings. The van der Waals surface area contributed by atoms with E-state index in [9.17, 15) is 0 Å². The van der Waals surface area contributed by atoms with Gasteiger partial charge in [0.2, 0.25) is 0 Å². The molecular formula is C29H31N2+. The molecule has 2 heteroatoms. The number of imidazole rings is 1. The molecule has 0 fully saturated rings. The third kappa shape index (κ3) is 3.31. The second-order valence-corrected chi connectivity index (χ2v) is 9.88. The average molecular weight is 408 g/mol. The van der Waals surface area contributed by atoms with Crippen molar-refractivity contribution in [1.82, 2.24) is 4.57 Å². The number of fused-ring (bicyclic) bond motifs is 3. The van der Waals surface area contributed by atoms with E-state index in [1.54, 1.807) is 0 Å². The average Bonchev–Trinajstić information content (AvgIpc) is 3.10. The second kappa shape index (κ2) is 7.23. The van der Waals surface area contributed by atoms with Crippen LogP contribution in [0.25, 0.3) is 16.9 Å². The molecule has 1 aromatic heterocycles. The number of aromatic nitrogens is 2. The lowest BCUT2D eigenvalue weighted by Gasteiger charge is -2.28. The van der Waals surface area contributed by atoms with Crippen molar-refractivity contribution in [2.75, 3.05) is 0 Å². The van der Waals surface area contributed by atoms with Crippen molar-refractivity contribution in [3.63, 3.8) is 0 Å². The molecule has 0 spiro atoms. The van der Waals surface area contributed by atoms with E-state index in [1.165, 1.54) is 45.0 Å². The summed E-state index contributed by atoms with van der Waals surface area (Å²) in [7, 11) is 2.18. The molecule has 0 N–H and O–H groups in total. The van der Waals surface area contributed by atoms with Gasteiger partial charge in [-0.2, -0.15) is 4.57 Å². The van der Waals surface area contributed by atoms with Gasteiger partial charge in [-0.15, -0.1) is 0 Å². The summed E-state index contributed by atoms with van der Waals surface area (Å²) in [6.07, 6.45) is 3.28. The van der Waals surface area contributed by atoms with Gasteiger partial charge in [0, 0.05) is 17.0 Å². The quantitative estimate of drug-likeness (QED) is 0.347. The van der Waals surface area contributed by atoms with E-state index in [2.05, 4.69) is 123 Å². The Morgan fingerprint density at radius 2 is 1.58 bits per heavy atom. The molecule has 31 heavy (non-hydrogen) atoms. The molecule has 1 atom stereocenters. The lowest BCUT2D eigenvalue weighted by atomic mass is 9.79. The molecule has 4 aromatic rings. The molecule has 1 unspecified atom stereocenters. The molecular weight excluding hydrogens is 376 g/mol. The van der Waals surface area contributed by atoms with Gasteiger partial charge in [0.05, 0.1) is 13.5 Å². The van der Waals surface area contributed by atoms with Crippen LogP contribution < -0.4 is 4.57 Å². The van der Waals surface area contributed by atoms with Crippen LogP contribution in [0.15, 0.2) is 79.0 Å². The fourth-order valence-corrected chi connectivity index (χ4v) is 4.98. The predicted octanol–water partition coefficient (Wildman–Crippen LogP) is 6.26. The van der Waals surface area contributed by atoms with Crippen LogP contribution in [-0.2, 0) is 18.9 Å². The van der Waals surface area contributed by atoms with Crippen molar-refractivity contribution in [1.29, 1.82) is 0 Å². The molecule has 2 nitrogen and oxygen atoms in total. The van der Waals surface area contributed by atoms with Crippen molar-refractivity contribution in [2.45, 2.75) is 45.4 Å². The smallest absolute Gasteiger partial charge is 0.236 e. The maximum Gasteiger partial charge on any atom is 0.262 e. The van der Waals surface area contributed by atoms with Gasteiger partial charge in [-0.3, -0.25) is 0 Å². The summed E-state index contributed by atoms with van der Waals surface area (Å²) < 4.78 is 4.79. The minimum absolute atomic E-state index is 0.120. The zero-order valence-corrected chi connectivity index (χ0v) is 19.2. The first-order valence-corrected chi connectivity index (χ1v) is 11.2. The summed E-state index contributed by atoms with van der Waals surface area (Å²) >= 11 is 0. The molecule has 0 radical (unpaired) electrons. The Balaban J connectivity index is 1.79. The van der Waals surface area contributed by atoms with Crippen LogP contribution >= 0.6 is 0 Å². The van der Waals surface area contributed by atoms with Crippen LogP contribution in [0.2, 0.25) is 0 Å². The number of hydrogen-bond donors (Lipinski definition) is 0. The monoisotopic (exact) mass is 407 g/mol. The highest BCUT2D eigenvalue weighted by atomic mass is 15.2. The molecule has 0 bridgehead atoms. The number of nitrogens with zero attached hydrogens (tertiary/aromatic N) is 2. The number of aryl methyl sites for hydroxylation is 2. The summed E-state index contributed by atoms with van der Waals surface area (Å²) in [5.41, 5.74) is 9.57. The maximum atomic E-state index is 2.48.